The second-order valence-corrected chi connectivity index (χ2v) is 8.53. The molecule has 6 nitrogen and oxygen atoms in total. The Hall–Kier alpha value is -2.85. The van der Waals surface area contributed by atoms with Gasteiger partial charge in [-0.25, -0.2) is 4.98 Å². The molecular weight excluding hydrogens is 384 g/mol. The number of hydrogen-bond acceptors (Lipinski definition) is 5. The summed E-state index contributed by atoms with van der Waals surface area (Å²) in [5.74, 6) is 0.110. The molecule has 0 saturated heterocycles. The number of aromatic nitrogens is 2. The third kappa shape index (κ3) is 3.73. The van der Waals surface area contributed by atoms with Crippen molar-refractivity contribution < 1.29 is 4.79 Å². The molecule has 1 amide bonds. The lowest BCUT2D eigenvalue weighted by Crippen LogP contribution is -2.47. The number of fused-ring (bicyclic) bond motifs is 2. The number of carbonyl (C=O) groups excluding carboxylic acids is 1. The van der Waals surface area contributed by atoms with E-state index >= 15 is 0 Å². The van der Waals surface area contributed by atoms with Crippen LogP contribution in [-0.4, -0.2) is 26.8 Å². The summed E-state index contributed by atoms with van der Waals surface area (Å²) in [6, 6.07) is 13.9. The minimum Gasteiger partial charge on any atom is -0.337 e. The van der Waals surface area contributed by atoms with Crippen LogP contribution in [0.25, 0.3) is 21.7 Å². The van der Waals surface area contributed by atoms with Crippen LogP contribution in [0.5, 0.6) is 0 Å². The second kappa shape index (κ2) is 7.53. The first-order valence-corrected chi connectivity index (χ1v) is 10.7. The van der Waals surface area contributed by atoms with Crippen molar-refractivity contribution in [2.45, 2.75) is 43.9 Å². The van der Waals surface area contributed by atoms with Crippen molar-refractivity contribution in [1.82, 2.24) is 14.9 Å². The number of thioether (sulfide) groups is 1. The Bertz CT molecular complexity index is 1210. The lowest BCUT2D eigenvalue weighted by Gasteiger charge is -2.22. The second-order valence-electron chi connectivity index (χ2n) is 7.59. The van der Waals surface area contributed by atoms with Gasteiger partial charge in [0.05, 0.1) is 22.7 Å². The molecule has 1 atom stereocenters. The predicted octanol–water partition coefficient (Wildman–Crippen LogP) is 3.47. The van der Waals surface area contributed by atoms with Crippen LogP contribution < -0.4 is 10.9 Å². The van der Waals surface area contributed by atoms with Gasteiger partial charge in [-0.15, -0.1) is 0 Å². The summed E-state index contributed by atoms with van der Waals surface area (Å²) >= 11 is 1.23. The lowest BCUT2D eigenvalue weighted by molar-refractivity contribution is -0.119. The van der Waals surface area contributed by atoms with Crippen LogP contribution in [0.15, 0.2) is 46.3 Å². The Balaban J connectivity index is 1.62. The maximum atomic E-state index is 13.0. The summed E-state index contributed by atoms with van der Waals surface area (Å²) < 4.78 is 1.60. The van der Waals surface area contributed by atoms with Crippen molar-refractivity contribution in [1.29, 1.82) is 5.26 Å². The average molecular weight is 407 g/mol. The van der Waals surface area contributed by atoms with Gasteiger partial charge in [0.2, 0.25) is 5.91 Å². The summed E-state index contributed by atoms with van der Waals surface area (Å²) in [5, 5.41) is 15.4. The van der Waals surface area contributed by atoms with Gasteiger partial charge in [-0.1, -0.05) is 36.0 Å². The number of carbonyl (C=O) groups is 1. The van der Waals surface area contributed by atoms with Gasteiger partial charge in [-0.2, -0.15) is 5.26 Å². The van der Waals surface area contributed by atoms with E-state index < -0.39 is 5.54 Å². The van der Waals surface area contributed by atoms with Gasteiger partial charge in [0, 0.05) is 6.54 Å². The first-order valence-electron chi connectivity index (χ1n) is 9.73. The number of amides is 1. The molecular formula is C22H22N4O2S. The van der Waals surface area contributed by atoms with Crippen LogP contribution in [0.1, 0.15) is 26.7 Å². The molecule has 0 bridgehead atoms. The fourth-order valence-electron chi connectivity index (χ4n) is 3.61. The smallest absolute Gasteiger partial charge is 0.262 e. The zero-order valence-corrected chi connectivity index (χ0v) is 17.3. The quantitative estimate of drug-likeness (QED) is 0.385. The molecule has 0 unspecified atom stereocenters. The van der Waals surface area contributed by atoms with E-state index in [1.165, 1.54) is 11.8 Å². The molecule has 0 spiro atoms. The fourth-order valence-corrected chi connectivity index (χ4v) is 4.48. The zero-order valence-electron chi connectivity index (χ0n) is 16.4. The summed E-state index contributed by atoms with van der Waals surface area (Å²) in [7, 11) is 0. The van der Waals surface area contributed by atoms with E-state index in [1.807, 2.05) is 43.3 Å². The van der Waals surface area contributed by atoms with Crippen LogP contribution in [0.3, 0.4) is 0 Å². The lowest BCUT2D eigenvalue weighted by atomic mass is 9.98. The number of nitrogens with zero attached hydrogens (tertiary/aromatic N) is 3. The highest BCUT2D eigenvalue weighted by atomic mass is 32.2. The number of benzene rings is 2. The molecule has 4 rings (SSSR count). The molecule has 1 fully saturated rings. The minimum atomic E-state index is -0.822. The maximum absolute atomic E-state index is 13.0. The van der Waals surface area contributed by atoms with Crippen LogP contribution in [0.4, 0.5) is 0 Å². The molecule has 2 aromatic carbocycles. The number of rotatable bonds is 6. The number of nitriles is 1. The van der Waals surface area contributed by atoms with Gasteiger partial charge in [0.25, 0.3) is 5.56 Å². The summed E-state index contributed by atoms with van der Waals surface area (Å²) in [6.07, 6.45) is 1.93. The van der Waals surface area contributed by atoms with Crippen LogP contribution in [0.2, 0.25) is 0 Å². The Morgan fingerprint density at radius 2 is 2.03 bits per heavy atom. The number of nitrogens with one attached hydrogen (secondary N) is 1. The molecule has 29 heavy (non-hydrogen) atoms. The first-order chi connectivity index (χ1) is 13.9. The van der Waals surface area contributed by atoms with Gasteiger partial charge in [0.1, 0.15) is 5.54 Å². The molecule has 148 valence electrons. The van der Waals surface area contributed by atoms with Crippen molar-refractivity contribution in [2.24, 2.45) is 5.92 Å². The van der Waals surface area contributed by atoms with Crippen LogP contribution in [-0.2, 0) is 11.3 Å². The van der Waals surface area contributed by atoms with Crippen molar-refractivity contribution >= 4 is 39.3 Å². The van der Waals surface area contributed by atoms with E-state index in [4.69, 9.17) is 0 Å². The molecule has 3 aromatic rings. The molecule has 7 heteroatoms. The molecule has 1 heterocycles. The van der Waals surface area contributed by atoms with E-state index in [9.17, 15) is 14.9 Å². The molecule has 0 aliphatic heterocycles. The fraction of sp³-hybridized carbons (Fsp3) is 0.364. The monoisotopic (exact) mass is 406 g/mol. The van der Waals surface area contributed by atoms with E-state index in [-0.39, 0.29) is 23.1 Å². The molecule has 0 radical (unpaired) electrons. The van der Waals surface area contributed by atoms with Crippen molar-refractivity contribution in [3.8, 4) is 6.07 Å². The van der Waals surface area contributed by atoms with E-state index in [0.717, 1.165) is 23.6 Å². The standard InChI is InChI=1S/C22H22N4O2S/c1-3-26-20(28)17-10-14-6-4-5-7-15(14)11-18(17)24-21(26)29-12-19(27)25-22(2,13-23)16-8-9-16/h4-7,10-11,16H,3,8-9,12H2,1-2H3,(H,25,27)/t22-/m1/s1. The van der Waals surface area contributed by atoms with Crippen molar-refractivity contribution in [2.75, 3.05) is 5.75 Å². The SMILES string of the molecule is CCn1c(SCC(=O)N[C@](C)(C#N)C2CC2)nc2cc3ccccc3cc2c1=O. The average Bonchev–Trinajstić information content (AvgIpc) is 3.57. The molecule has 1 aliphatic carbocycles. The highest BCUT2D eigenvalue weighted by Gasteiger charge is 2.42. The highest BCUT2D eigenvalue weighted by molar-refractivity contribution is 7.99. The van der Waals surface area contributed by atoms with E-state index in [2.05, 4.69) is 16.4 Å². The first kappa shape index (κ1) is 19.5. The Kier molecular flexibility index (Phi) is 5.05. The summed E-state index contributed by atoms with van der Waals surface area (Å²) in [5.41, 5.74) is -0.301. The molecule has 1 N–H and O–H groups in total. The third-order valence-corrected chi connectivity index (χ3v) is 6.44. The Morgan fingerprint density at radius 1 is 1.34 bits per heavy atom. The summed E-state index contributed by atoms with van der Waals surface area (Å²) in [4.78, 5) is 30.1. The minimum absolute atomic E-state index is 0.106. The van der Waals surface area contributed by atoms with Crippen LogP contribution in [0, 0.1) is 17.2 Å². The topological polar surface area (TPSA) is 87.8 Å². The third-order valence-electron chi connectivity index (χ3n) is 5.46. The molecule has 1 aliphatic rings. The van der Waals surface area contributed by atoms with Gasteiger partial charge in [0.15, 0.2) is 5.16 Å². The molecule has 1 aromatic heterocycles. The van der Waals surface area contributed by atoms with E-state index in [1.54, 1.807) is 11.5 Å². The normalized spacial score (nSPS) is 15.8. The highest BCUT2D eigenvalue weighted by Crippen LogP contribution is 2.39. The van der Waals surface area contributed by atoms with Gasteiger partial charge in [-0.05, 0) is 55.5 Å². The molecule has 1 saturated carbocycles. The van der Waals surface area contributed by atoms with Gasteiger partial charge in [-0.3, -0.25) is 14.2 Å². The van der Waals surface area contributed by atoms with Crippen molar-refractivity contribution in [3.63, 3.8) is 0 Å². The Labute approximate surface area is 172 Å². The maximum Gasteiger partial charge on any atom is 0.262 e. The predicted molar refractivity (Wildman–Crippen MR) is 115 cm³/mol. The summed E-state index contributed by atoms with van der Waals surface area (Å²) in [6.45, 7) is 4.13. The van der Waals surface area contributed by atoms with Crippen molar-refractivity contribution in [3.05, 3.63) is 46.8 Å². The zero-order chi connectivity index (χ0) is 20.6. The Morgan fingerprint density at radius 3 is 2.66 bits per heavy atom. The van der Waals surface area contributed by atoms with Gasteiger partial charge >= 0.3 is 0 Å². The largest absolute Gasteiger partial charge is 0.337 e. The number of hydrogen-bond donors (Lipinski definition) is 1. The van der Waals surface area contributed by atoms with Gasteiger partial charge < -0.3 is 5.32 Å². The van der Waals surface area contributed by atoms with E-state index in [0.29, 0.717) is 22.6 Å². The van der Waals surface area contributed by atoms with Crippen LogP contribution >= 0.6 is 11.8 Å².